The lowest BCUT2D eigenvalue weighted by Crippen LogP contribution is -2.55. The van der Waals surface area contributed by atoms with Crippen LogP contribution < -0.4 is 9.64 Å². The molecule has 4 rings (SSSR count). The van der Waals surface area contributed by atoms with Crippen molar-refractivity contribution >= 4 is 5.69 Å². The maximum atomic E-state index is 13.4. The molecule has 1 atom stereocenters. The monoisotopic (exact) mass is 462 g/mol. The third kappa shape index (κ3) is 6.00. The normalized spacial score (nSPS) is 23.8. The van der Waals surface area contributed by atoms with Crippen LogP contribution in [-0.2, 0) is 4.74 Å². The predicted molar refractivity (Wildman–Crippen MR) is 122 cm³/mol. The fourth-order valence-electron chi connectivity index (χ4n) is 4.66. The molecule has 33 heavy (non-hydrogen) atoms. The summed E-state index contributed by atoms with van der Waals surface area (Å²) in [5, 5.41) is 22.4. The Morgan fingerprint density at radius 2 is 1.76 bits per heavy atom. The summed E-state index contributed by atoms with van der Waals surface area (Å²) in [4.78, 5) is 4.31. The first-order chi connectivity index (χ1) is 15.8. The van der Waals surface area contributed by atoms with E-state index in [-0.39, 0.29) is 25.5 Å². The number of aryl methyl sites for hydroxylation is 1. The van der Waals surface area contributed by atoms with E-state index in [9.17, 15) is 19.0 Å². The Bertz CT molecular complexity index is 952. The number of benzene rings is 2. The number of anilines is 1. The third-order valence-corrected chi connectivity index (χ3v) is 6.51. The molecule has 180 valence electrons. The number of ether oxygens (including phenoxy) is 2. The molecule has 0 bridgehead atoms. The Balaban J connectivity index is 1.34. The summed E-state index contributed by atoms with van der Waals surface area (Å²) in [6.07, 6.45) is 1.25. The van der Waals surface area contributed by atoms with Gasteiger partial charge in [-0.15, -0.1) is 0 Å². The Morgan fingerprint density at radius 3 is 2.48 bits per heavy atom. The number of rotatable bonds is 6. The first-order valence-electron chi connectivity index (χ1n) is 11.4. The first kappa shape index (κ1) is 23.9. The van der Waals surface area contributed by atoms with Gasteiger partial charge in [-0.1, -0.05) is 18.2 Å². The number of hydrogen-bond donors (Lipinski definition) is 2. The van der Waals surface area contributed by atoms with E-state index in [0.29, 0.717) is 32.5 Å². The Morgan fingerprint density at radius 1 is 1.00 bits per heavy atom. The molecule has 0 spiro atoms. The van der Waals surface area contributed by atoms with Gasteiger partial charge in [0, 0.05) is 44.5 Å². The van der Waals surface area contributed by atoms with Crippen molar-refractivity contribution < 1.29 is 28.5 Å². The molecule has 2 aliphatic rings. The highest BCUT2D eigenvalue weighted by Crippen LogP contribution is 2.30. The fourth-order valence-corrected chi connectivity index (χ4v) is 4.66. The van der Waals surface area contributed by atoms with Gasteiger partial charge in [0.15, 0.2) is 11.6 Å². The number of β-amino-alcohol motifs (C(OH)–C–C–N with tert-alkyl or cyclic N) is 2. The van der Waals surface area contributed by atoms with Crippen molar-refractivity contribution in [3.05, 3.63) is 59.7 Å². The summed E-state index contributed by atoms with van der Waals surface area (Å²) in [6, 6.07) is 11.5. The number of hydrogen-bond acceptors (Lipinski definition) is 6. The van der Waals surface area contributed by atoms with Crippen molar-refractivity contribution in [1.29, 1.82) is 0 Å². The van der Waals surface area contributed by atoms with E-state index < -0.39 is 22.8 Å². The van der Waals surface area contributed by atoms with Gasteiger partial charge < -0.3 is 24.6 Å². The van der Waals surface area contributed by atoms with E-state index in [4.69, 9.17) is 9.47 Å². The van der Waals surface area contributed by atoms with Gasteiger partial charge in [-0.3, -0.25) is 4.90 Å². The van der Waals surface area contributed by atoms with E-state index in [1.165, 1.54) is 17.3 Å². The van der Waals surface area contributed by atoms with Crippen LogP contribution in [0.3, 0.4) is 0 Å². The molecule has 0 radical (unpaired) electrons. The second kappa shape index (κ2) is 9.93. The van der Waals surface area contributed by atoms with E-state index in [1.54, 1.807) is 0 Å². The molecule has 2 fully saturated rings. The molecule has 2 saturated heterocycles. The summed E-state index contributed by atoms with van der Waals surface area (Å²) < 4.78 is 37.7. The highest BCUT2D eigenvalue weighted by molar-refractivity contribution is 5.53. The number of aliphatic hydroxyl groups is 2. The van der Waals surface area contributed by atoms with Gasteiger partial charge in [0.2, 0.25) is 0 Å². The van der Waals surface area contributed by atoms with Gasteiger partial charge in [-0.05, 0) is 43.5 Å². The summed E-state index contributed by atoms with van der Waals surface area (Å²) in [5.74, 6) is -1.82. The lowest BCUT2D eigenvalue weighted by Gasteiger charge is -2.42. The van der Waals surface area contributed by atoms with Crippen LogP contribution in [0, 0.1) is 18.6 Å². The van der Waals surface area contributed by atoms with Crippen LogP contribution >= 0.6 is 0 Å². The molecular weight excluding hydrogens is 430 g/mol. The lowest BCUT2D eigenvalue weighted by molar-refractivity contribution is -0.0743. The number of piperidine rings is 1. The number of nitrogens with zero attached hydrogens (tertiary/aromatic N) is 2. The van der Waals surface area contributed by atoms with Crippen molar-refractivity contribution in [3.63, 3.8) is 0 Å². The fraction of sp³-hybridized carbons (Fsp3) is 0.520. The first-order valence-corrected chi connectivity index (χ1v) is 11.4. The van der Waals surface area contributed by atoms with Crippen LogP contribution in [0.4, 0.5) is 14.5 Å². The second-order valence-corrected chi connectivity index (χ2v) is 9.35. The number of halogens is 2. The standard InChI is InChI=1S/C25H32F2N2O4/c1-19-4-2-3-5-23(19)29-10-8-24(30,9-11-29)15-28-12-13-32-17-25(31,16-28)18-33-20-6-7-21(26)22(27)14-20/h2-7,14,30-31H,8-13,15-18H2,1H3/t25-/m1/s1. The minimum Gasteiger partial charge on any atom is -0.490 e. The maximum Gasteiger partial charge on any atom is 0.162 e. The zero-order valence-corrected chi connectivity index (χ0v) is 19.0. The molecule has 2 N–H and O–H groups in total. The molecule has 0 unspecified atom stereocenters. The second-order valence-electron chi connectivity index (χ2n) is 9.35. The summed E-state index contributed by atoms with van der Waals surface area (Å²) in [7, 11) is 0. The van der Waals surface area contributed by atoms with Crippen molar-refractivity contribution in [2.45, 2.75) is 31.0 Å². The largest absolute Gasteiger partial charge is 0.490 e. The van der Waals surface area contributed by atoms with Crippen molar-refractivity contribution in [1.82, 2.24) is 4.90 Å². The van der Waals surface area contributed by atoms with Gasteiger partial charge in [-0.25, -0.2) is 8.78 Å². The summed E-state index contributed by atoms with van der Waals surface area (Å²) >= 11 is 0. The van der Waals surface area contributed by atoms with Crippen LogP contribution in [0.5, 0.6) is 5.75 Å². The van der Waals surface area contributed by atoms with Crippen molar-refractivity contribution in [2.75, 3.05) is 57.4 Å². The lowest BCUT2D eigenvalue weighted by atomic mass is 9.89. The molecule has 0 amide bonds. The van der Waals surface area contributed by atoms with Gasteiger partial charge in [-0.2, -0.15) is 0 Å². The maximum absolute atomic E-state index is 13.4. The van der Waals surface area contributed by atoms with Crippen LogP contribution in [0.15, 0.2) is 42.5 Å². The third-order valence-electron chi connectivity index (χ3n) is 6.51. The molecule has 2 aromatic rings. The molecular formula is C25H32F2N2O4. The molecule has 6 nitrogen and oxygen atoms in total. The van der Waals surface area contributed by atoms with Gasteiger partial charge in [0.25, 0.3) is 0 Å². The van der Waals surface area contributed by atoms with Gasteiger partial charge >= 0.3 is 0 Å². The van der Waals surface area contributed by atoms with E-state index in [1.807, 2.05) is 17.0 Å². The van der Waals surface area contributed by atoms with Crippen LogP contribution in [0.2, 0.25) is 0 Å². The smallest absolute Gasteiger partial charge is 0.162 e. The Kier molecular flexibility index (Phi) is 7.19. The topological polar surface area (TPSA) is 65.4 Å². The van der Waals surface area contributed by atoms with Crippen LogP contribution in [0.1, 0.15) is 18.4 Å². The summed E-state index contributed by atoms with van der Waals surface area (Å²) in [5.41, 5.74) is 0.232. The highest BCUT2D eigenvalue weighted by atomic mass is 19.2. The van der Waals surface area contributed by atoms with E-state index in [0.717, 1.165) is 25.2 Å². The quantitative estimate of drug-likeness (QED) is 0.689. The minimum absolute atomic E-state index is 0.0622. The van der Waals surface area contributed by atoms with E-state index in [2.05, 4.69) is 24.0 Å². The minimum atomic E-state index is -1.33. The van der Waals surface area contributed by atoms with Gasteiger partial charge in [0.1, 0.15) is 18.0 Å². The summed E-state index contributed by atoms with van der Waals surface area (Å²) in [6.45, 7) is 5.23. The molecule has 0 aromatic heterocycles. The molecule has 2 aromatic carbocycles. The van der Waals surface area contributed by atoms with Crippen LogP contribution in [-0.4, -0.2) is 78.9 Å². The predicted octanol–water partition coefficient (Wildman–Crippen LogP) is 2.75. The Labute approximate surface area is 193 Å². The SMILES string of the molecule is Cc1ccccc1N1CCC(O)(CN2CCOC[C@@](O)(COc3ccc(F)c(F)c3)C2)CC1. The average molecular weight is 463 g/mol. The average Bonchev–Trinajstić information content (AvgIpc) is 2.97. The van der Waals surface area contributed by atoms with Crippen LogP contribution in [0.25, 0.3) is 0 Å². The molecule has 8 heteroatoms. The molecule has 0 aliphatic carbocycles. The molecule has 2 aliphatic heterocycles. The van der Waals surface area contributed by atoms with Crippen molar-refractivity contribution in [2.24, 2.45) is 0 Å². The van der Waals surface area contributed by atoms with Crippen molar-refractivity contribution in [3.8, 4) is 5.75 Å². The molecule has 2 heterocycles. The Hall–Kier alpha value is -2.26. The van der Waals surface area contributed by atoms with Gasteiger partial charge in [0.05, 0.1) is 18.8 Å². The zero-order chi connectivity index (χ0) is 23.5. The molecule has 0 saturated carbocycles. The zero-order valence-electron chi connectivity index (χ0n) is 19.0. The number of para-hydroxylation sites is 1. The van der Waals surface area contributed by atoms with E-state index >= 15 is 0 Å². The highest BCUT2D eigenvalue weighted by Gasteiger charge is 2.39.